The van der Waals surface area contributed by atoms with E-state index in [1.54, 1.807) is 13.8 Å². The van der Waals surface area contributed by atoms with Crippen molar-refractivity contribution in [3.8, 4) is 0 Å². The lowest BCUT2D eigenvalue weighted by Gasteiger charge is -2.01. The lowest BCUT2D eigenvalue weighted by Crippen LogP contribution is -2.11. The Hall–Kier alpha value is -0.570. The molecule has 0 aliphatic heterocycles. The van der Waals surface area contributed by atoms with Gasteiger partial charge in [-0.25, -0.2) is 4.79 Å². The number of unbranched alkanes of at least 4 members (excludes halogenated alkanes) is 4. The monoisotopic (exact) mass is 218 g/mol. The molecule has 3 nitrogen and oxygen atoms in total. The normalized spacial score (nSPS) is 9.67. The van der Waals surface area contributed by atoms with E-state index < -0.39 is 5.97 Å². The molecule has 0 saturated heterocycles. The summed E-state index contributed by atoms with van der Waals surface area (Å²) in [5.74, 6) is -0.918. The maximum Gasteiger partial charge on any atom is 0.329 e. The number of hydrogen-bond acceptors (Lipinski definition) is 2. The fourth-order valence-electron chi connectivity index (χ4n) is 0.915. The van der Waals surface area contributed by atoms with Crippen LogP contribution in [0.2, 0.25) is 0 Å². The number of aliphatic carboxylic acids is 1. The Labute approximate surface area is 93.8 Å². The van der Waals surface area contributed by atoms with Crippen LogP contribution >= 0.6 is 0 Å². The summed E-state index contributed by atoms with van der Waals surface area (Å²) in [6, 6.07) is 0. The predicted molar refractivity (Wildman–Crippen MR) is 63.2 cm³/mol. The average Bonchev–Trinajstić information content (AvgIpc) is 2.17. The third-order valence-electron chi connectivity index (χ3n) is 1.75. The highest BCUT2D eigenvalue weighted by Crippen LogP contribution is 2.00. The van der Waals surface area contributed by atoms with Gasteiger partial charge in [-0.2, -0.15) is 0 Å². The molecular weight excluding hydrogens is 192 g/mol. The second kappa shape index (κ2) is 13.4. The quantitative estimate of drug-likeness (QED) is 0.665. The van der Waals surface area contributed by atoms with Crippen molar-refractivity contribution in [2.75, 3.05) is 6.61 Å². The summed E-state index contributed by atoms with van der Waals surface area (Å²) in [6.45, 7) is 7.88. The largest absolute Gasteiger partial charge is 0.480 e. The van der Waals surface area contributed by atoms with Crippen LogP contribution in [0, 0.1) is 0 Å². The van der Waals surface area contributed by atoms with Crippen LogP contribution in [0.25, 0.3) is 0 Å². The van der Waals surface area contributed by atoms with Gasteiger partial charge in [0.1, 0.15) is 6.61 Å². The molecule has 0 radical (unpaired) electrons. The Morgan fingerprint density at radius 2 is 1.60 bits per heavy atom. The van der Waals surface area contributed by atoms with E-state index in [4.69, 9.17) is 9.84 Å². The van der Waals surface area contributed by atoms with Gasteiger partial charge in [0.25, 0.3) is 0 Å². The molecule has 0 aromatic rings. The Kier molecular flexibility index (Phi) is 15.1. The summed E-state index contributed by atoms with van der Waals surface area (Å²) in [7, 11) is 0. The number of hydrogen-bond donors (Lipinski definition) is 1. The van der Waals surface area contributed by atoms with Gasteiger partial charge in [-0.15, -0.1) is 0 Å². The first-order chi connectivity index (χ1) is 7.04. The van der Waals surface area contributed by atoms with Crippen LogP contribution in [-0.2, 0) is 9.53 Å². The molecular formula is C12H26O3. The molecule has 3 heteroatoms. The Balaban J connectivity index is 0. The molecule has 0 aliphatic rings. The highest BCUT2D eigenvalue weighted by molar-refractivity contribution is 5.67. The standard InChI is InChI=1S/C7H16.C5H10O3/c1-3-5-7-6-4-2;1-4(2)8-3-5(6)7/h3-7H2,1-2H3;4H,3H2,1-2H3,(H,6,7). The maximum absolute atomic E-state index is 9.78. The summed E-state index contributed by atoms with van der Waals surface area (Å²) in [4.78, 5) is 9.78. The Morgan fingerprint density at radius 1 is 1.13 bits per heavy atom. The number of carbonyl (C=O) groups is 1. The third kappa shape index (κ3) is 24.7. The van der Waals surface area contributed by atoms with E-state index >= 15 is 0 Å². The second-order valence-electron chi connectivity index (χ2n) is 3.81. The molecule has 0 amide bonds. The van der Waals surface area contributed by atoms with Crippen molar-refractivity contribution in [2.45, 2.75) is 65.9 Å². The van der Waals surface area contributed by atoms with Crippen molar-refractivity contribution < 1.29 is 14.6 Å². The predicted octanol–water partition coefficient (Wildman–Crippen LogP) is 3.47. The van der Waals surface area contributed by atoms with Gasteiger partial charge < -0.3 is 9.84 Å². The lowest BCUT2D eigenvalue weighted by molar-refractivity contribution is -0.143. The number of rotatable bonds is 7. The van der Waals surface area contributed by atoms with Crippen molar-refractivity contribution in [2.24, 2.45) is 0 Å². The van der Waals surface area contributed by atoms with E-state index in [-0.39, 0.29) is 12.7 Å². The SMILES string of the molecule is CC(C)OCC(=O)O.CCCCCCC. The smallest absolute Gasteiger partial charge is 0.329 e. The van der Waals surface area contributed by atoms with Crippen molar-refractivity contribution >= 4 is 5.97 Å². The molecule has 0 aromatic carbocycles. The first-order valence-corrected chi connectivity index (χ1v) is 5.87. The van der Waals surface area contributed by atoms with E-state index in [0.717, 1.165) is 0 Å². The van der Waals surface area contributed by atoms with Gasteiger partial charge in [0, 0.05) is 0 Å². The van der Waals surface area contributed by atoms with Gasteiger partial charge >= 0.3 is 5.97 Å². The number of carboxylic acids is 1. The lowest BCUT2D eigenvalue weighted by atomic mass is 10.2. The topological polar surface area (TPSA) is 46.5 Å². The van der Waals surface area contributed by atoms with Crippen LogP contribution < -0.4 is 0 Å². The molecule has 0 aliphatic carbocycles. The van der Waals surface area contributed by atoms with Gasteiger partial charge in [-0.05, 0) is 13.8 Å². The van der Waals surface area contributed by atoms with Crippen LogP contribution in [-0.4, -0.2) is 23.8 Å². The minimum absolute atomic E-state index is 0.00565. The second-order valence-corrected chi connectivity index (χ2v) is 3.81. The summed E-state index contributed by atoms with van der Waals surface area (Å²) >= 11 is 0. The summed E-state index contributed by atoms with van der Waals surface area (Å²) in [5, 5.41) is 8.04. The summed E-state index contributed by atoms with van der Waals surface area (Å²) < 4.78 is 4.70. The van der Waals surface area contributed by atoms with Crippen molar-refractivity contribution in [3.05, 3.63) is 0 Å². The zero-order valence-electron chi connectivity index (χ0n) is 10.6. The third-order valence-corrected chi connectivity index (χ3v) is 1.75. The highest BCUT2D eigenvalue weighted by atomic mass is 16.5. The Morgan fingerprint density at radius 3 is 1.80 bits per heavy atom. The molecule has 0 heterocycles. The van der Waals surface area contributed by atoms with Gasteiger partial charge in [0.2, 0.25) is 0 Å². The molecule has 0 fully saturated rings. The van der Waals surface area contributed by atoms with Crippen LogP contribution in [0.3, 0.4) is 0 Å². The van der Waals surface area contributed by atoms with Crippen molar-refractivity contribution in [1.82, 2.24) is 0 Å². The zero-order valence-corrected chi connectivity index (χ0v) is 10.6. The van der Waals surface area contributed by atoms with Gasteiger partial charge in [0.15, 0.2) is 0 Å². The van der Waals surface area contributed by atoms with Gasteiger partial charge in [-0.3, -0.25) is 0 Å². The van der Waals surface area contributed by atoms with Gasteiger partial charge in [-0.1, -0.05) is 46.0 Å². The van der Waals surface area contributed by atoms with E-state index in [2.05, 4.69) is 13.8 Å². The molecule has 15 heavy (non-hydrogen) atoms. The molecule has 0 rings (SSSR count). The molecule has 1 N–H and O–H groups in total. The van der Waals surface area contributed by atoms with E-state index in [9.17, 15) is 4.79 Å². The van der Waals surface area contributed by atoms with Crippen LogP contribution in [0.5, 0.6) is 0 Å². The fourth-order valence-corrected chi connectivity index (χ4v) is 0.915. The molecule has 0 saturated carbocycles. The first-order valence-electron chi connectivity index (χ1n) is 5.87. The first kappa shape index (κ1) is 16.8. The molecule has 0 unspecified atom stereocenters. The summed E-state index contributed by atoms with van der Waals surface area (Å²) in [5.41, 5.74) is 0. The average molecular weight is 218 g/mol. The number of carboxylic acid groups (broad SMARTS) is 1. The van der Waals surface area contributed by atoms with E-state index in [0.29, 0.717) is 0 Å². The van der Waals surface area contributed by atoms with Crippen LogP contribution in [0.15, 0.2) is 0 Å². The molecule has 0 bridgehead atoms. The van der Waals surface area contributed by atoms with Crippen molar-refractivity contribution in [3.63, 3.8) is 0 Å². The zero-order chi connectivity index (χ0) is 12.1. The maximum atomic E-state index is 9.78. The van der Waals surface area contributed by atoms with Crippen LogP contribution in [0.1, 0.15) is 59.8 Å². The van der Waals surface area contributed by atoms with Crippen molar-refractivity contribution in [1.29, 1.82) is 0 Å². The highest BCUT2D eigenvalue weighted by Gasteiger charge is 1.97. The van der Waals surface area contributed by atoms with E-state index in [1.807, 2.05) is 0 Å². The molecule has 0 aromatic heterocycles. The van der Waals surface area contributed by atoms with Crippen LogP contribution in [0.4, 0.5) is 0 Å². The molecule has 0 spiro atoms. The molecule has 0 atom stereocenters. The Bertz CT molecular complexity index is 129. The number of ether oxygens (including phenoxy) is 1. The minimum Gasteiger partial charge on any atom is -0.480 e. The minimum atomic E-state index is -0.918. The summed E-state index contributed by atoms with van der Waals surface area (Å²) in [6.07, 6.45) is 7.01. The van der Waals surface area contributed by atoms with E-state index in [1.165, 1.54) is 32.1 Å². The molecule has 92 valence electrons. The van der Waals surface area contributed by atoms with Gasteiger partial charge in [0.05, 0.1) is 6.10 Å². The fraction of sp³-hybridized carbons (Fsp3) is 0.917.